The van der Waals surface area contributed by atoms with Crippen LogP contribution in [0.25, 0.3) is 0 Å². The van der Waals surface area contributed by atoms with E-state index in [1.165, 1.54) is 19.2 Å². The fourth-order valence-electron chi connectivity index (χ4n) is 2.27. The number of benzene rings is 2. The normalized spacial score (nSPS) is 11.5. The average molecular weight is 424 g/mol. The molecule has 0 bridgehead atoms. The van der Waals surface area contributed by atoms with E-state index in [4.69, 9.17) is 4.74 Å². The van der Waals surface area contributed by atoms with Crippen LogP contribution in [0, 0.1) is 12.7 Å². The molecule has 0 saturated carbocycles. The van der Waals surface area contributed by atoms with Gasteiger partial charge in [-0.2, -0.15) is 0 Å². The van der Waals surface area contributed by atoms with E-state index in [2.05, 4.69) is 26.0 Å². The number of hydrogen-bond donors (Lipinski definition) is 1. The molecule has 0 fully saturated rings. The first-order chi connectivity index (χ1) is 12.4. The van der Waals surface area contributed by atoms with Crippen LogP contribution in [0.15, 0.2) is 46.9 Å². The Bertz CT molecular complexity index is 780. The van der Waals surface area contributed by atoms with E-state index in [0.717, 1.165) is 11.1 Å². The van der Waals surface area contributed by atoms with Crippen LogP contribution < -0.4 is 10.1 Å². The number of carbonyl (C=O) groups excluding carboxylic acids is 2. The van der Waals surface area contributed by atoms with Crippen LogP contribution in [0.4, 0.5) is 4.39 Å². The van der Waals surface area contributed by atoms with Crippen LogP contribution in [0.5, 0.6) is 5.75 Å². The number of carbonyl (C=O) groups is 2. The van der Waals surface area contributed by atoms with Gasteiger partial charge in [-0.15, -0.1) is 0 Å². The Hall–Kier alpha value is -2.41. The van der Waals surface area contributed by atoms with Crippen molar-refractivity contribution in [3.8, 4) is 5.75 Å². The van der Waals surface area contributed by atoms with Crippen molar-refractivity contribution in [2.24, 2.45) is 0 Å². The highest BCUT2D eigenvalue weighted by Gasteiger charge is 2.19. The molecule has 0 aliphatic carbocycles. The number of nitrogens with one attached hydrogen (secondary N) is 1. The van der Waals surface area contributed by atoms with Gasteiger partial charge in [0.15, 0.2) is 18.2 Å². The van der Waals surface area contributed by atoms with Gasteiger partial charge in [-0.3, -0.25) is 9.59 Å². The molecule has 2 aromatic carbocycles. The van der Waals surface area contributed by atoms with E-state index in [1.54, 1.807) is 6.07 Å². The van der Waals surface area contributed by atoms with Crippen molar-refractivity contribution >= 4 is 27.8 Å². The van der Waals surface area contributed by atoms with Gasteiger partial charge < -0.3 is 14.8 Å². The quantitative estimate of drug-likeness (QED) is 0.689. The molecule has 5 nitrogen and oxygen atoms in total. The lowest BCUT2D eigenvalue weighted by atomic mass is 10.0. The van der Waals surface area contributed by atoms with E-state index < -0.39 is 23.7 Å². The third-order valence-corrected chi connectivity index (χ3v) is 4.16. The number of esters is 1. The molecule has 0 radical (unpaired) electrons. The van der Waals surface area contributed by atoms with E-state index in [-0.39, 0.29) is 18.8 Å². The Morgan fingerprint density at radius 2 is 1.88 bits per heavy atom. The number of aryl methyl sites for hydroxylation is 1. The van der Waals surface area contributed by atoms with Crippen LogP contribution in [0.1, 0.15) is 23.6 Å². The molecule has 0 aliphatic rings. The summed E-state index contributed by atoms with van der Waals surface area (Å²) >= 11 is 3.15. The zero-order valence-corrected chi connectivity index (χ0v) is 16.0. The molecule has 1 atom stereocenters. The molecule has 0 spiro atoms. The molecule has 1 N–H and O–H groups in total. The van der Waals surface area contributed by atoms with Gasteiger partial charge in [0.05, 0.1) is 19.6 Å². The predicted molar refractivity (Wildman–Crippen MR) is 98.3 cm³/mol. The summed E-state index contributed by atoms with van der Waals surface area (Å²) in [7, 11) is 1.29. The number of amides is 1. The first kappa shape index (κ1) is 19.9. The minimum atomic E-state index is -0.572. The largest absolute Gasteiger partial charge is 0.481 e. The van der Waals surface area contributed by atoms with Crippen molar-refractivity contribution in [2.75, 3.05) is 13.7 Å². The minimum absolute atomic E-state index is 0.0159. The summed E-state index contributed by atoms with van der Waals surface area (Å²) in [5.41, 5.74) is 1.83. The van der Waals surface area contributed by atoms with E-state index in [9.17, 15) is 14.0 Å². The first-order valence-corrected chi connectivity index (χ1v) is 8.69. The third-order valence-electron chi connectivity index (χ3n) is 3.67. The summed E-state index contributed by atoms with van der Waals surface area (Å²) in [5.74, 6) is -1.52. The molecule has 2 aromatic rings. The molecular weight excluding hydrogens is 405 g/mol. The summed E-state index contributed by atoms with van der Waals surface area (Å²) in [6, 6.07) is 11.2. The number of hydrogen-bond acceptors (Lipinski definition) is 4. The average Bonchev–Trinajstić information content (AvgIpc) is 2.61. The topological polar surface area (TPSA) is 64.6 Å². The maximum atomic E-state index is 13.7. The third kappa shape index (κ3) is 5.84. The highest BCUT2D eigenvalue weighted by atomic mass is 79.9. The Morgan fingerprint density at radius 3 is 2.50 bits per heavy atom. The summed E-state index contributed by atoms with van der Waals surface area (Å²) in [5, 5.41) is 2.72. The van der Waals surface area contributed by atoms with Gasteiger partial charge >= 0.3 is 5.97 Å². The van der Waals surface area contributed by atoms with Crippen LogP contribution in [0.3, 0.4) is 0 Å². The summed E-state index contributed by atoms with van der Waals surface area (Å²) in [4.78, 5) is 23.8. The molecule has 0 heterocycles. The lowest BCUT2D eigenvalue weighted by molar-refractivity contribution is -0.141. The number of methoxy groups -OCH3 is 1. The predicted octanol–water partition coefficient (Wildman–Crippen LogP) is 3.70. The number of ether oxygens (including phenoxy) is 2. The summed E-state index contributed by atoms with van der Waals surface area (Å²) < 4.78 is 24.2. The molecule has 138 valence electrons. The monoisotopic (exact) mass is 423 g/mol. The van der Waals surface area contributed by atoms with Crippen LogP contribution >= 0.6 is 15.9 Å². The van der Waals surface area contributed by atoms with Gasteiger partial charge in [0.25, 0.3) is 5.91 Å². The van der Waals surface area contributed by atoms with Crippen molar-refractivity contribution < 1.29 is 23.5 Å². The fraction of sp³-hybridized carbons (Fsp3) is 0.263. The Morgan fingerprint density at radius 1 is 1.19 bits per heavy atom. The number of halogens is 2. The van der Waals surface area contributed by atoms with E-state index in [0.29, 0.717) is 4.47 Å². The standard InChI is InChI=1S/C19H19BrFNO4/c1-12-3-5-13(6-4-12)16(10-19(24)25-2)22-18(23)11-26-17-8-7-14(20)9-15(17)21/h3-9,16H,10-11H2,1-2H3,(H,22,23). The lowest BCUT2D eigenvalue weighted by Gasteiger charge is -2.18. The SMILES string of the molecule is COC(=O)CC(NC(=O)COc1ccc(Br)cc1F)c1ccc(C)cc1. The zero-order chi connectivity index (χ0) is 19.1. The highest BCUT2D eigenvalue weighted by molar-refractivity contribution is 9.10. The molecule has 7 heteroatoms. The lowest BCUT2D eigenvalue weighted by Crippen LogP contribution is -2.34. The van der Waals surface area contributed by atoms with Crippen LogP contribution in [-0.4, -0.2) is 25.6 Å². The minimum Gasteiger partial charge on any atom is -0.481 e. The maximum Gasteiger partial charge on any atom is 0.307 e. The van der Waals surface area contributed by atoms with Crippen molar-refractivity contribution in [3.63, 3.8) is 0 Å². The molecule has 1 unspecified atom stereocenters. The van der Waals surface area contributed by atoms with E-state index in [1.807, 2.05) is 31.2 Å². The molecule has 26 heavy (non-hydrogen) atoms. The first-order valence-electron chi connectivity index (χ1n) is 7.89. The molecule has 0 aromatic heterocycles. The maximum absolute atomic E-state index is 13.7. The van der Waals surface area contributed by atoms with Crippen molar-refractivity contribution in [3.05, 3.63) is 63.9 Å². The number of rotatable bonds is 7. The summed E-state index contributed by atoms with van der Waals surface area (Å²) in [6.07, 6.45) is -0.0159. The van der Waals surface area contributed by atoms with Gasteiger partial charge in [0.2, 0.25) is 0 Å². The Kier molecular flexibility index (Phi) is 7.15. The van der Waals surface area contributed by atoms with Crippen LogP contribution in [-0.2, 0) is 14.3 Å². The molecule has 0 saturated heterocycles. The van der Waals surface area contributed by atoms with Gasteiger partial charge in [0, 0.05) is 4.47 Å². The summed E-state index contributed by atoms with van der Waals surface area (Å²) in [6.45, 7) is 1.57. The fourth-order valence-corrected chi connectivity index (χ4v) is 2.61. The van der Waals surface area contributed by atoms with E-state index >= 15 is 0 Å². The van der Waals surface area contributed by atoms with Crippen LogP contribution in [0.2, 0.25) is 0 Å². The van der Waals surface area contributed by atoms with Crippen molar-refractivity contribution in [1.82, 2.24) is 5.32 Å². The molecular formula is C19H19BrFNO4. The van der Waals surface area contributed by atoms with Gasteiger partial charge in [-0.05, 0) is 30.7 Å². The second kappa shape index (κ2) is 9.33. The smallest absolute Gasteiger partial charge is 0.307 e. The second-order valence-electron chi connectivity index (χ2n) is 5.67. The highest BCUT2D eigenvalue weighted by Crippen LogP contribution is 2.22. The van der Waals surface area contributed by atoms with Crippen molar-refractivity contribution in [1.29, 1.82) is 0 Å². The molecule has 1 amide bonds. The molecule has 0 aliphatic heterocycles. The Labute approximate surface area is 159 Å². The molecule has 2 rings (SSSR count). The second-order valence-corrected chi connectivity index (χ2v) is 6.59. The zero-order valence-electron chi connectivity index (χ0n) is 14.4. The van der Waals surface area contributed by atoms with Gasteiger partial charge in [-0.25, -0.2) is 4.39 Å². The van der Waals surface area contributed by atoms with Gasteiger partial charge in [-0.1, -0.05) is 45.8 Å². The van der Waals surface area contributed by atoms with Crippen molar-refractivity contribution in [2.45, 2.75) is 19.4 Å². The Balaban J connectivity index is 2.03. The van der Waals surface area contributed by atoms with Gasteiger partial charge in [0.1, 0.15) is 0 Å².